The number of fused-ring (bicyclic) bond motifs is 1. The summed E-state index contributed by atoms with van der Waals surface area (Å²) in [6.45, 7) is 0. The number of amides is 2. The number of para-hydroxylation sites is 1. The third-order valence-corrected chi connectivity index (χ3v) is 4.42. The quantitative estimate of drug-likeness (QED) is 0.545. The van der Waals surface area contributed by atoms with Crippen LogP contribution in [0.3, 0.4) is 0 Å². The molecule has 2 amide bonds. The number of pyridine rings is 2. The van der Waals surface area contributed by atoms with Crippen molar-refractivity contribution in [2.75, 3.05) is 10.6 Å². The van der Waals surface area contributed by atoms with Crippen LogP contribution in [0.2, 0.25) is 0 Å². The molecule has 2 aromatic heterocycles. The van der Waals surface area contributed by atoms with Crippen LogP contribution in [0, 0.1) is 11.3 Å². The van der Waals surface area contributed by atoms with E-state index in [0.717, 1.165) is 5.39 Å². The standard InChI is InChI=1S/C23H15N5O2/c24-12-15-6-8-19(9-7-15)27-22(29)17-11-18(14-25-13-17)23(30)28-20-5-1-3-16-4-2-10-26-21(16)20/h1-11,13-14H,(H,27,29)(H,28,30). The van der Waals surface area contributed by atoms with Gasteiger partial charge in [-0.1, -0.05) is 18.2 Å². The summed E-state index contributed by atoms with van der Waals surface area (Å²) < 4.78 is 0. The Hall–Kier alpha value is -4.57. The predicted molar refractivity (Wildman–Crippen MR) is 113 cm³/mol. The Morgan fingerprint density at radius 3 is 2.30 bits per heavy atom. The number of carbonyl (C=O) groups is 2. The Morgan fingerprint density at radius 1 is 0.867 bits per heavy atom. The van der Waals surface area contributed by atoms with Gasteiger partial charge in [0.2, 0.25) is 0 Å². The number of hydrogen-bond donors (Lipinski definition) is 2. The molecule has 0 aliphatic rings. The first-order valence-corrected chi connectivity index (χ1v) is 9.06. The fourth-order valence-corrected chi connectivity index (χ4v) is 2.92. The molecular weight excluding hydrogens is 378 g/mol. The number of benzene rings is 2. The van der Waals surface area contributed by atoms with Crippen molar-refractivity contribution >= 4 is 34.1 Å². The highest BCUT2D eigenvalue weighted by Gasteiger charge is 2.13. The van der Waals surface area contributed by atoms with Crippen LogP contribution in [-0.4, -0.2) is 21.8 Å². The summed E-state index contributed by atoms with van der Waals surface area (Å²) in [6, 6.07) is 19.2. The summed E-state index contributed by atoms with van der Waals surface area (Å²) in [5, 5.41) is 15.3. The molecule has 30 heavy (non-hydrogen) atoms. The summed E-state index contributed by atoms with van der Waals surface area (Å²) in [7, 11) is 0. The van der Waals surface area contributed by atoms with Crippen LogP contribution in [0.1, 0.15) is 26.3 Å². The number of anilines is 2. The number of aromatic nitrogens is 2. The van der Waals surface area contributed by atoms with Gasteiger partial charge in [-0.3, -0.25) is 19.6 Å². The minimum Gasteiger partial charge on any atom is -0.322 e. The van der Waals surface area contributed by atoms with Gasteiger partial charge in [0.15, 0.2) is 0 Å². The second-order valence-corrected chi connectivity index (χ2v) is 6.44. The van der Waals surface area contributed by atoms with Crippen molar-refractivity contribution in [1.29, 1.82) is 5.26 Å². The highest BCUT2D eigenvalue weighted by Crippen LogP contribution is 2.21. The number of carbonyl (C=O) groups excluding carboxylic acids is 2. The van der Waals surface area contributed by atoms with Crippen LogP contribution >= 0.6 is 0 Å². The van der Waals surface area contributed by atoms with E-state index in [0.29, 0.717) is 22.5 Å². The Bertz CT molecular complexity index is 1290. The topological polar surface area (TPSA) is 108 Å². The number of nitriles is 1. The van der Waals surface area contributed by atoms with E-state index < -0.39 is 11.8 Å². The van der Waals surface area contributed by atoms with Crippen molar-refractivity contribution in [3.8, 4) is 6.07 Å². The highest BCUT2D eigenvalue weighted by atomic mass is 16.2. The molecular formula is C23H15N5O2. The van der Waals surface area contributed by atoms with E-state index in [1.807, 2.05) is 30.3 Å². The molecule has 0 aliphatic carbocycles. The number of hydrogen-bond acceptors (Lipinski definition) is 5. The predicted octanol–water partition coefficient (Wildman–Crippen LogP) is 4.01. The zero-order valence-corrected chi connectivity index (χ0v) is 15.7. The van der Waals surface area contributed by atoms with Crippen LogP contribution in [0.25, 0.3) is 10.9 Å². The van der Waals surface area contributed by atoms with Crippen LogP contribution < -0.4 is 10.6 Å². The van der Waals surface area contributed by atoms with Crippen molar-refractivity contribution in [2.45, 2.75) is 0 Å². The van der Waals surface area contributed by atoms with Crippen LogP contribution in [0.15, 0.2) is 79.3 Å². The van der Waals surface area contributed by atoms with Gasteiger partial charge in [0.05, 0.1) is 34.0 Å². The fourth-order valence-electron chi connectivity index (χ4n) is 2.92. The lowest BCUT2D eigenvalue weighted by atomic mass is 10.1. The van der Waals surface area contributed by atoms with E-state index in [2.05, 4.69) is 20.6 Å². The van der Waals surface area contributed by atoms with Gasteiger partial charge in [0.25, 0.3) is 11.8 Å². The maximum atomic E-state index is 12.7. The number of nitrogens with one attached hydrogen (secondary N) is 2. The molecule has 0 spiro atoms. The van der Waals surface area contributed by atoms with Gasteiger partial charge in [0.1, 0.15) is 0 Å². The van der Waals surface area contributed by atoms with Gasteiger partial charge in [0, 0.05) is 29.7 Å². The van der Waals surface area contributed by atoms with Gasteiger partial charge in [-0.05, 0) is 42.5 Å². The highest BCUT2D eigenvalue weighted by molar-refractivity contribution is 6.10. The lowest BCUT2D eigenvalue weighted by molar-refractivity contribution is 0.102. The largest absolute Gasteiger partial charge is 0.322 e. The molecule has 0 aliphatic heterocycles. The molecule has 2 heterocycles. The molecule has 7 heteroatoms. The first-order chi connectivity index (χ1) is 14.6. The molecule has 4 aromatic rings. The Kier molecular flexibility index (Phi) is 5.14. The summed E-state index contributed by atoms with van der Waals surface area (Å²) in [4.78, 5) is 33.6. The van der Waals surface area contributed by atoms with E-state index >= 15 is 0 Å². The zero-order valence-electron chi connectivity index (χ0n) is 15.7. The second-order valence-electron chi connectivity index (χ2n) is 6.44. The van der Waals surface area contributed by atoms with E-state index in [4.69, 9.17) is 5.26 Å². The summed E-state index contributed by atoms with van der Waals surface area (Å²) in [5.74, 6) is -0.803. The Morgan fingerprint density at radius 2 is 1.57 bits per heavy atom. The van der Waals surface area contributed by atoms with Gasteiger partial charge in [-0.15, -0.1) is 0 Å². The normalized spacial score (nSPS) is 10.2. The van der Waals surface area contributed by atoms with Crippen molar-refractivity contribution in [3.05, 3.63) is 95.9 Å². The van der Waals surface area contributed by atoms with Gasteiger partial charge >= 0.3 is 0 Å². The first-order valence-electron chi connectivity index (χ1n) is 9.06. The maximum absolute atomic E-state index is 12.7. The SMILES string of the molecule is N#Cc1ccc(NC(=O)c2cncc(C(=O)Nc3cccc4cccnc34)c2)cc1. The molecule has 0 bridgehead atoms. The Labute approximate surface area is 172 Å². The smallest absolute Gasteiger partial charge is 0.257 e. The van der Waals surface area contributed by atoms with Crippen LogP contribution in [0.4, 0.5) is 11.4 Å². The molecule has 0 saturated carbocycles. The summed E-state index contributed by atoms with van der Waals surface area (Å²) in [6.07, 6.45) is 4.44. The minimum atomic E-state index is -0.409. The number of nitrogens with zero attached hydrogens (tertiary/aromatic N) is 3. The molecule has 7 nitrogen and oxygen atoms in total. The molecule has 0 unspecified atom stereocenters. The van der Waals surface area contributed by atoms with Crippen LogP contribution in [0.5, 0.6) is 0 Å². The van der Waals surface area contributed by atoms with Crippen molar-refractivity contribution in [1.82, 2.24) is 9.97 Å². The summed E-state index contributed by atoms with van der Waals surface area (Å²) in [5.41, 5.74) is 2.77. The average Bonchev–Trinajstić information content (AvgIpc) is 2.80. The minimum absolute atomic E-state index is 0.239. The molecule has 2 aromatic carbocycles. The van der Waals surface area contributed by atoms with Crippen molar-refractivity contribution in [2.24, 2.45) is 0 Å². The first kappa shape index (κ1) is 18.8. The van der Waals surface area contributed by atoms with Crippen LogP contribution in [-0.2, 0) is 0 Å². The molecule has 144 valence electrons. The van der Waals surface area contributed by atoms with E-state index in [1.54, 1.807) is 36.5 Å². The van der Waals surface area contributed by atoms with Gasteiger partial charge < -0.3 is 10.6 Å². The third-order valence-electron chi connectivity index (χ3n) is 4.42. The lowest BCUT2D eigenvalue weighted by Crippen LogP contribution is -2.16. The molecule has 0 radical (unpaired) electrons. The monoisotopic (exact) mass is 393 g/mol. The molecule has 4 rings (SSSR count). The van der Waals surface area contributed by atoms with E-state index in [-0.39, 0.29) is 11.1 Å². The zero-order chi connectivity index (χ0) is 20.9. The van der Waals surface area contributed by atoms with Gasteiger partial charge in [-0.25, -0.2) is 0 Å². The molecule has 0 atom stereocenters. The average molecular weight is 393 g/mol. The summed E-state index contributed by atoms with van der Waals surface area (Å²) >= 11 is 0. The number of rotatable bonds is 4. The van der Waals surface area contributed by atoms with E-state index in [9.17, 15) is 9.59 Å². The fraction of sp³-hybridized carbons (Fsp3) is 0. The van der Waals surface area contributed by atoms with Crippen molar-refractivity contribution in [3.63, 3.8) is 0 Å². The Balaban J connectivity index is 1.52. The molecule has 0 saturated heterocycles. The second kappa shape index (κ2) is 8.20. The lowest BCUT2D eigenvalue weighted by Gasteiger charge is -2.09. The molecule has 2 N–H and O–H groups in total. The maximum Gasteiger partial charge on any atom is 0.257 e. The molecule has 0 fully saturated rings. The van der Waals surface area contributed by atoms with E-state index in [1.165, 1.54) is 18.5 Å². The van der Waals surface area contributed by atoms with Gasteiger partial charge in [-0.2, -0.15) is 5.26 Å². The third kappa shape index (κ3) is 3.98. The van der Waals surface area contributed by atoms with Crippen molar-refractivity contribution < 1.29 is 9.59 Å².